The predicted molar refractivity (Wildman–Crippen MR) is 94.0 cm³/mol. The summed E-state index contributed by atoms with van der Waals surface area (Å²) in [6.07, 6.45) is -5.73. The maximum absolute atomic E-state index is 11.9. The van der Waals surface area contributed by atoms with Crippen molar-refractivity contribution in [2.75, 3.05) is 26.9 Å². The lowest BCUT2D eigenvalue weighted by molar-refractivity contribution is -0.300. The summed E-state index contributed by atoms with van der Waals surface area (Å²) < 4.78 is 15.7. The minimum absolute atomic E-state index is 0.0353. The van der Waals surface area contributed by atoms with Gasteiger partial charge in [0.2, 0.25) is 5.91 Å². The summed E-state index contributed by atoms with van der Waals surface area (Å²) in [6.45, 7) is -0.300. The quantitative estimate of drug-likeness (QED) is 0.326. The van der Waals surface area contributed by atoms with Crippen molar-refractivity contribution in [3.05, 3.63) is 29.8 Å². The minimum atomic E-state index is -1.49. The molecule has 0 aromatic heterocycles. The fraction of sp³-hybridized carbons (Fsp3) is 0.611. The maximum Gasteiger partial charge on any atom is 0.220 e. The van der Waals surface area contributed by atoms with Gasteiger partial charge in [0.05, 0.1) is 20.3 Å². The second-order valence-corrected chi connectivity index (χ2v) is 6.27. The SMILES string of the molecule is COc1cccc(CCC(=O)NCCO[C@H]2O[C@H](CO)[C@H](O)[C@H](O)[C@H]2O)c1. The number of rotatable bonds is 9. The van der Waals surface area contributed by atoms with Gasteiger partial charge in [-0.05, 0) is 24.1 Å². The number of aliphatic hydroxyl groups excluding tert-OH is 4. The zero-order chi connectivity index (χ0) is 19.8. The number of benzene rings is 1. The maximum atomic E-state index is 11.9. The molecule has 0 saturated carbocycles. The fourth-order valence-electron chi connectivity index (χ4n) is 2.74. The number of nitrogens with one attached hydrogen (secondary N) is 1. The molecular formula is C18H27NO8. The molecule has 1 amide bonds. The Kier molecular flexibility index (Phi) is 8.42. The first-order valence-corrected chi connectivity index (χ1v) is 8.78. The average Bonchev–Trinajstić information content (AvgIpc) is 2.69. The van der Waals surface area contributed by atoms with Crippen molar-refractivity contribution in [3.63, 3.8) is 0 Å². The number of ether oxygens (including phenoxy) is 3. The van der Waals surface area contributed by atoms with E-state index >= 15 is 0 Å². The van der Waals surface area contributed by atoms with Crippen LogP contribution in [0.5, 0.6) is 5.75 Å². The normalized spacial score (nSPS) is 28.0. The van der Waals surface area contributed by atoms with Crippen LogP contribution in [0.2, 0.25) is 0 Å². The van der Waals surface area contributed by atoms with Crippen molar-refractivity contribution in [1.29, 1.82) is 0 Å². The standard InChI is InChI=1S/C18H27NO8/c1-25-12-4-2-3-11(9-12)5-6-14(21)19-7-8-26-18-17(24)16(23)15(22)13(10-20)27-18/h2-4,9,13,15-18,20,22-24H,5-8,10H2,1H3,(H,19,21)/t13-,15+,16+,17-,18+/m1/s1. The molecule has 0 unspecified atom stereocenters. The molecule has 5 N–H and O–H groups in total. The Bertz CT molecular complexity index is 596. The van der Waals surface area contributed by atoms with Gasteiger partial charge in [0, 0.05) is 13.0 Å². The highest BCUT2D eigenvalue weighted by Crippen LogP contribution is 2.21. The molecule has 5 atom stereocenters. The lowest BCUT2D eigenvalue weighted by Gasteiger charge is -2.39. The van der Waals surface area contributed by atoms with Gasteiger partial charge >= 0.3 is 0 Å². The molecule has 1 aromatic rings. The van der Waals surface area contributed by atoms with Crippen LogP contribution >= 0.6 is 0 Å². The van der Waals surface area contributed by atoms with Crippen LogP contribution in [-0.4, -0.2) is 83.9 Å². The van der Waals surface area contributed by atoms with Gasteiger partial charge in [-0.3, -0.25) is 4.79 Å². The molecule has 1 aliphatic heterocycles. The van der Waals surface area contributed by atoms with E-state index in [1.807, 2.05) is 24.3 Å². The first-order chi connectivity index (χ1) is 13.0. The molecule has 2 rings (SSSR count). The zero-order valence-electron chi connectivity index (χ0n) is 15.2. The number of amides is 1. The Morgan fingerprint density at radius 2 is 2.00 bits per heavy atom. The van der Waals surface area contributed by atoms with E-state index in [4.69, 9.17) is 19.3 Å². The molecule has 27 heavy (non-hydrogen) atoms. The summed E-state index contributed by atoms with van der Waals surface area (Å²) >= 11 is 0. The molecule has 9 heteroatoms. The van der Waals surface area contributed by atoms with Crippen LogP contribution in [-0.2, 0) is 20.7 Å². The van der Waals surface area contributed by atoms with E-state index in [9.17, 15) is 20.1 Å². The van der Waals surface area contributed by atoms with E-state index in [0.29, 0.717) is 12.8 Å². The Labute approximate surface area is 157 Å². The Morgan fingerprint density at radius 1 is 1.22 bits per heavy atom. The first kappa shape index (κ1) is 21.5. The Hall–Kier alpha value is -1.75. The molecule has 0 radical (unpaired) electrons. The highest BCUT2D eigenvalue weighted by atomic mass is 16.7. The smallest absolute Gasteiger partial charge is 0.220 e. The lowest BCUT2D eigenvalue weighted by atomic mass is 9.99. The second-order valence-electron chi connectivity index (χ2n) is 6.27. The van der Waals surface area contributed by atoms with Gasteiger partial charge in [-0.25, -0.2) is 0 Å². The van der Waals surface area contributed by atoms with Crippen molar-refractivity contribution in [1.82, 2.24) is 5.32 Å². The van der Waals surface area contributed by atoms with Crippen LogP contribution in [0.1, 0.15) is 12.0 Å². The third-order valence-corrected chi connectivity index (χ3v) is 4.33. The minimum Gasteiger partial charge on any atom is -0.497 e. The summed E-state index contributed by atoms with van der Waals surface area (Å²) in [5, 5.41) is 41.0. The molecule has 152 valence electrons. The summed E-state index contributed by atoms with van der Waals surface area (Å²) in [7, 11) is 1.58. The van der Waals surface area contributed by atoms with E-state index in [2.05, 4.69) is 5.32 Å². The molecule has 0 aliphatic carbocycles. The summed E-state index contributed by atoms with van der Waals surface area (Å²) in [5.41, 5.74) is 0.988. The third kappa shape index (κ3) is 6.13. The molecule has 0 bridgehead atoms. The van der Waals surface area contributed by atoms with Crippen LogP contribution in [0.4, 0.5) is 0 Å². The molecule has 1 saturated heterocycles. The average molecular weight is 385 g/mol. The fourth-order valence-corrected chi connectivity index (χ4v) is 2.74. The lowest BCUT2D eigenvalue weighted by Crippen LogP contribution is -2.59. The number of carbonyl (C=O) groups excluding carboxylic acids is 1. The Morgan fingerprint density at radius 3 is 2.70 bits per heavy atom. The van der Waals surface area contributed by atoms with Gasteiger partial charge in [0.1, 0.15) is 30.2 Å². The van der Waals surface area contributed by atoms with Crippen LogP contribution in [0, 0.1) is 0 Å². The summed E-state index contributed by atoms with van der Waals surface area (Å²) in [5.74, 6) is 0.580. The molecule has 0 spiro atoms. The van der Waals surface area contributed by atoms with E-state index < -0.39 is 37.3 Å². The Balaban J connectivity index is 1.67. The van der Waals surface area contributed by atoms with Gasteiger partial charge in [-0.15, -0.1) is 0 Å². The number of hydrogen-bond donors (Lipinski definition) is 5. The van der Waals surface area contributed by atoms with Gasteiger partial charge in [-0.1, -0.05) is 12.1 Å². The van der Waals surface area contributed by atoms with E-state index in [-0.39, 0.29) is 19.1 Å². The van der Waals surface area contributed by atoms with Crippen LogP contribution < -0.4 is 10.1 Å². The highest BCUT2D eigenvalue weighted by Gasteiger charge is 2.43. The van der Waals surface area contributed by atoms with Crippen molar-refractivity contribution in [2.45, 2.75) is 43.5 Å². The first-order valence-electron chi connectivity index (χ1n) is 8.78. The number of hydrogen-bond acceptors (Lipinski definition) is 8. The van der Waals surface area contributed by atoms with Gasteiger partial charge in [0.25, 0.3) is 0 Å². The molecular weight excluding hydrogens is 358 g/mol. The third-order valence-electron chi connectivity index (χ3n) is 4.33. The molecule has 9 nitrogen and oxygen atoms in total. The van der Waals surface area contributed by atoms with Crippen LogP contribution in [0.15, 0.2) is 24.3 Å². The number of aryl methyl sites for hydroxylation is 1. The predicted octanol–water partition coefficient (Wildman–Crippen LogP) is -1.44. The molecule has 1 heterocycles. The van der Waals surface area contributed by atoms with E-state index in [1.165, 1.54) is 0 Å². The van der Waals surface area contributed by atoms with Crippen LogP contribution in [0.25, 0.3) is 0 Å². The molecule has 1 aromatic carbocycles. The largest absolute Gasteiger partial charge is 0.497 e. The van der Waals surface area contributed by atoms with Crippen LogP contribution in [0.3, 0.4) is 0 Å². The summed E-state index contributed by atoms with van der Waals surface area (Å²) in [6, 6.07) is 7.48. The zero-order valence-corrected chi connectivity index (χ0v) is 15.2. The summed E-state index contributed by atoms with van der Waals surface area (Å²) in [4.78, 5) is 11.9. The van der Waals surface area contributed by atoms with Crippen molar-refractivity contribution in [2.24, 2.45) is 0 Å². The van der Waals surface area contributed by atoms with E-state index in [0.717, 1.165) is 11.3 Å². The molecule has 1 fully saturated rings. The van der Waals surface area contributed by atoms with Gasteiger partial charge < -0.3 is 40.0 Å². The monoisotopic (exact) mass is 385 g/mol. The number of carbonyl (C=O) groups is 1. The number of methoxy groups -OCH3 is 1. The second kappa shape index (κ2) is 10.5. The van der Waals surface area contributed by atoms with Crippen molar-refractivity contribution >= 4 is 5.91 Å². The topological polar surface area (TPSA) is 138 Å². The van der Waals surface area contributed by atoms with Crippen molar-refractivity contribution in [3.8, 4) is 5.75 Å². The van der Waals surface area contributed by atoms with Gasteiger partial charge in [0.15, 0.2) is 6.29 Å². The van der Waals surface area contributed by atoms with Gasteiger partial charge in [-0.2, -0.15) is 0 Å². The van der Waals surface area contributed by atoms with E-state index in [1.54, 1.807) is 7.11 Å². The highest BCUT2D eigenvalue weighted by molar-refractivity contribution is 5.76. The van der Waals surface area contributed by atoms with Crippen molar-refractivity contribution < 1.29 is 39.4 Å². The molecule has 1 aliphatic rings. The number of aliphatic hydroxyl groups is 4.